The van der Waals surface area contributed by atoms with Gasteiger partial charge in [0.1, 0.15) is 6.04 Å². The van der Waals surface area contributed by atoms with Crippen molar-refractivity contribution >= 4 is 0 Å². The van der Waals surface area contributed by atoms with Gasteiger partial charge in [0.05, 0.1) is 6.07 Å². The SMILES string of the molecule is CCCC1CCN(CC(N)C#N)CC1. The third-order valence-corrected chi connectivity index (χ3v) is 3.02. The lowest BCUT2D eigenvalue weighted by molar-refractivity contribution is 0.176. The summed E-state index contributed by atoms with van der Waals surface area (Å²) in [6.45, 7) is 5.24. The predicted molar refractivity (Wildman–Crippen MR) is 57.7 cm³/mol. The molecule has 0 aromatic rings. The fraction of sp³-hybridized carbons (Fsp3) is 0.909. The Morgan fingerprint density at radius 3 is 2.64 bits per heavy atom. The average molecular weight is 195 g/mol. The van der Waals surface area contributed by atoms with Crippen molar-refractivity contribution in [2.45, 2.75) is 38.6 Å². The van der Waals surface area contributed by atoms with E-state index in [1.807, 2.05) is 0 Å². The molecule has 0 saturated carbocycles. The standard InChI is InChI=1S/C11H21N3/c1-2-3-10-4-6-14(7-5-10)9-11(13)8-12/h10-11H,2-7,9,13H2,1H3. The van der Waals surface area contributed by atoms with E-state index in [1.165, 1.54) is 25.7 Å². The van der Waals surface area contributed by atoms with Gasteiger partial charge in [0.25, 0.3) is 0 Å². The van der Waals surface area contributed by atoms with Gasteiger partial charge in [-0.05, 0) is 31.8 Å². The van der Waals surface area contributed by atoms with Crippen LogP contribution in [0.25, 0.3) is 0 Å². The zero-order chi connectivity index (χ0) is 10.4. The molecule has 3 heteroatoms. The van der Waals surface area contributed by atoms with E-state index in [4.69, 9.17) is 11.0 Å². The molecule has 0 bridgehead atoms. The van der Waals surface area contributed by atoms with E-state index in [1.54, 1.807) is 0 Å². The van der Waals surface area contributed by atoms with Crippen LogP contribution >= 0.6 is 0 Å². The minimum Gasteiger partial charge on any atom is -0.315 e. The number of nitrogens with two attached hydrogens (primary N) is 1. The van der Waals surface area contributed by atoms with Gasteiger partial charge in [-0.25, -0.2) is 0 Å². The van der Waals surface area contributed by atoms with Crippen molar-refractivity contribution in [2.24, 2.45) is 11.7 Å². The van der Waals surface area contributed by atoms with E-state index < -0.39 is 0 Å². The molecule has 0 radical (unpaired) electrons. The van der Waals surface area contributed by atoms with Gasteiger partial charge in [-0.3, -0.25) is 0 Å². The second-order valence-corrected chi connectivity index (χ2v) is 4.27. The lowest BCUT2D eigenvalue weighted by atomic mass is 9.92. The smallest absolute Gasteiger partial charge is 0.106 e. The summed E-state index contributed by atoms with van der Waals surface area (Å²) < 4.78 is 0. The first-order valence-corrected chi connectivity index (χ1v) is 5.63. The molecule has 3 nitrogen and oxygen atoms in total. The minimum atomic E-state index is -0.308. The predicted octanol–water partition coefficient (Wildman–Crippen LogP) is 1.35. The van der Waals surface area contributed by atoms with Crippen LogP contribution in [0.2, 0.25) is 0 Å². The number of hydrogen-bond donors (Lipinski definition) is 1. The van der Waals surface area contributed by atoms with Crippen LogP contribution < -0.4 is 5.73 Å². The lowest BCUT2D eigenvalue weighted by Crippen LogP contribution is -2.41. The molecular formula is C11H21N3. The Kier molecular flexibility index (Phi) is 4.92. The van der Waals surface area contributed by atoms with Gasteiger partial charge in [-0.1, -0.05) is 19.8 Å². The van der Waals surface area contributed by atoms with Crippen molar-refractivity contribution < 1.29 is 0 Å². The van der Waals surface area contributed by atoms with Crippen LogP contribution in [-0.4, -0.2) is 30.6 Å². The molecule has 1 aliphatic rings. The highest BCUT2D eigenvalue weighted by Crippen LogP contribution is 2.21. The number of likely N-dealkylation sites (tertiary alicyclic amines) is 1. The third kappa shape index (κ3) is 3.65. The quantitative estimate of drug-likeness (QED) is 0.736. The monoisotopic (exact) mass is 195 g/mol. The van der Waals surface area contributed by atoms with Crippen molar-refractivity contribution in [3.8, 4) is 6.07 Å². The lowest BCUT2D eigenvalue weighted by Gasteiger charge is -2.32. The maximum Gasteiger partial charge on any atom is 0.106 e. The number of nitrogens with zero attached hydrogens (tertiary/aromatic N) is 2. The van der Waals surface area contributed by atoms with E-state index >= 15 is 0 Å². The summed E-state index contributed by atoms with van der Waals surface area (Å²) in [6.07, 6.45) is 5.22. The molecule has 0 aliphatic carbocycles. The maximum atomic E-state index is 8.60. The van der Waals surface area contributed by atoms with Gasteiger partial charge in [0, 0.05) is 6.54 Å². The fourth-order valence-electron chi connectivity index (χ4n) is 2.18. The normalized spacial score (nSPS) is 21.8. The van der Waals surface area contributed by atoms with Crippen LogP contribution in [0.5, 0.6) is 0 Å². The first-order chi connectivity index (χ1) is 6.76. The molecule has 0 amide bonds. The van der Waals surface area contributed by atoms with Crippen LogP contribution in [0.1, 0.15) is 32.6 Å². The summed E-state index contributed by atoms with van der Waals surface area (Å²) in [4.78, 5) is 2.32. The van der Waals surface area contributed by atoms with Gasteiger partial charge < -0.3 is 10.6 Å². The summed E-state index contributed by atoms with van der Waals surface area (Å²) >= 11 is 0. The van der Waals surface area contributed by atoms with E-state index in [-0.39, 0.29) is 6.04 Å². The second kappa shape index (κ2) is 6.00. The minimum absolute atomic E-state index is 0.308. The maximum absolute atomic E-state index is 8.60. The largest absolute Gasteiger partial charge is 0.315 e. The molecule has 2 N–H and O–H groups in total. The molecule has 14 heavy (non-hydrogen) atoms. The zero-order valence-electron chi connectivity index (χ0n) is 9.08. The van der Waals surface area contributed by atoms with Crippen molar-refractivity contribution in [1.82, 2.24) is 4.90 Å². The van der Waals surface area contributed by atoms with Crippen LogP contribution in [0, 0.1) is 17.2 Å². The van der Waals surface area contributed by atoms with Crippen LogP contribution in [0.4, 0.5) is 0 Å². The Morgan fingerprint density at radius 1 is 1.50 bits per heavy atom. The summed E-state index contributed by atoms with van der Waals surface area (Å²) in [7, 11) is 0. The molecule has 80 valence electrons. The second-order valence-electron chi connectivity index (χ2n) is 4.27. The number of hydrogen-bond acceptors (Lipinski definition) is 3. The summed E-state index contributed by atoms with van der Waals surface area (Å²) in [5.41, 5.74) is 5.59. The molecule has 1 aliphatic heterocycles. The van der Waals surface area contributed by atoms with E-state index in [9.17, 15) is 0 Å². The van der Waals surface area contributed by atoms with Crippen molar-refractivity contribution in [1.29, 1.82) is 5.26 Å². The van der Waals surface area contributed by atoms with Gasteiger partial charge in [-0.2, -0.15) is 5.26 Å². The Labute approximate surface area is 86.9 Å². The molecule has 1 fully saturated rings. The number of piperidine rings is 1. The Balaban J connectivity index is 2.19. The number of nitriles is 1. The molecule has 1 atom stereocenters. The fourth-order valence-corrected chi connectivity index (χ4v) is 2.18. The van der Waals surface area contributed by atoms with Gasteiger partial charge in [-0.15, -0.1) is 0 Å². The first-order valence-electron chi connectivity index (χ1n) is 5.63. The van der Waals surface area contributed by atoms with Crippen molar-refractivity contribution in [2.75, 3.05) is 19.6 Å². The third-order valence-electron chi connectivity index (χ3n) is 3.02. The molecule has 1 heterocycles. The molecule has 1 saturated heterocycles. The van der Waals surface area contributed by atoms with E-state index in [2.05, 4.69) is 17.9 Å². The summed E-state index contributed by atoms with van der Waals surface area (Å²) in [5.74, 6) is 0.912. The molecule has 1 unspecified atom stereocenters. The van der Waals surface area contributed by atoms with Crippen LogP contribution in [0.3, 0.4) is 0 Å². The highest BCUT2D eigenvalue weighted by molar-refractivity contribution is 4.89. The Morgan fingerprint density at radius 2 is 2.14 bits per heavy atom. The van der Waals surface area contributed by atoms with E-state index in [0.717, 1.165) is 25.6 Å². The van der Waals surface area contributed by atoms with E-state index in [0.29, 0.717) is 0 Å². The van der Waals surface area contributed by atoms with Crippen molar-refractivity contribution in [3.63, 3.8) is 0 Å². The van der Waals surface area contributed by atoms with Gasteiger partial charge in [0.2, 0.25) is 0 Å². The van der Waals surface area contributed by atoms with Gasteiger partial charge in [0.15, 0.2) is 0 Å². The number of rotatable bonds is 4. The first kappa shape index (κ1) is 11.5. The zero-order valence-corrected chi connectivity index (χ0v) is 9.08. The Bertz CT molecular complexity index is 189. The summed E-state index contributed by atoms with van der Waals surface area (Å²) in [5, 5.41) is 8.60. The highest BCUT2D eigenvalue weighted by atomic mass is 15.1. The molecule has 0 aromatic heterocycles. The molecule has 1 rings (SSSR count). The Hall–Kier alpha value is -0.590. The molecule has 0 aromatic carbocycles. The average Bonchev–Trinajstić information content (AvgIpc) is 2.21. The topological polar surface area (TPSA) is 53.0 Å². The molecular weight excluding hydrogens is 174 g/mol. The summed E-state index contributed by atoms with van der Waals surface area (Å²) in [6, 6.07) is 1.78. The molecule has 0 spiro atoms. The van der Waals surface area contributed by atoms with Crippen LogP contribution in [0.15, 0.2) is 0 Å². The van der Waals surface area contributed by atoms with Crippen LogP contribution in [-0.2, 0) is 0 Å². The van der Waals surface area contributed by atoms with Crippen molar-refractivity contribution in [3.05, 3.63) is 0 Å². The highest BCUT2D eigenvalue weighted by Gasteiger charge is 2.19. The van der Waals surface area contributed by atoms with Gasteiger partial charge >= 0.3 is 0 Å².